The second-order valence-corrected chi connectivity index (χ2v) is 7.52. The van der Waals surface area contributed by atoms with Gasteiger partial charge in [-0.25, -0.2) is 4.79 Å². The Bertz CT molecular complexity index is 638. The van der Waals surface area contributed by atoms with Crippen LogP contribution in [0.5, 0.6) is 0 Å². The van der Waals surface area contributed by atoms with Crippen molar-refractivity contribution in [2.45, 2.75) is 25.3 Å². The van der Waals surface area contributed by atoms with Crippen LogP contribution in [0.2, 0.25) is 0 Å². The van der Waals surface area contributed by atoms with Crippen molar-refractivity contribution in [2.24, 2.45) is 5.73 Å². The van der Waals surface area contributed by atoms with E-state index in [0.717, 1.165) is 11.9 Å². The van der Waals surface area contributed by atoms with Crippen molar-refractivity contribution in [3.8, 4) is 0 Å². The van der Waals surface area contributed by atoms with Gasteiger partial charge in [-0.1, -0.05) is 0 Å². The second-order valence-electron chi connectivity index (χ2n) is 5.36. The summed E-state index contributed by atoms with van der Waals surface area (Å²) in [6.45, 7) is 2.75. The summed E-state index contributed by atoms with van der Waals surface area (Å²) in [6, 6.07) is -0.733. The molecule has 0 aromatic carbocycles. The SMILES string of the molecule is CC(=O)OCC1=C(C(=O)O)N2C(=O)[C@@H](N(SCCN)C(C)=O)[C@H]2SC1. The molecule has 25 heavy (non-hydrogen) atoms. The van der Waals surface area contributed by atoms with Gasteiger partial charge in [0.2, 0.25) is 5.91 Å². The van der Waals surface area contributed by atoms with E-state index in [9.17, 15) is 24.3 Å². The van der Waals surface area contributed by atoms with E-state index in [4.69, 9.17) is 10.5 Å². The fourth-order valence-electron chi connectivity index (χ4n) is 2.56. The molecule has 11 heteroatoms. The second kappa shape index (κ2) is 8.11. The van der Waals surface area contributed by atoms with Gasteiger partial charge in [-0.05, 0) is 11.9 Å². The first-order valence-electron chi connectivity index (χ1n) is 7.45. The Hall–Kier alpha value is -1.72. The third kappa shape index (κ3) is 3.93. The minimum absolute atomic E-state index is 0.168. The van der Waals surface area contributed by atoms with E-state index in [2.05, 4.69) is 0 Å². The molecule has 138 valence electrons. The first-order valence-corrected chi connectivity index (χ1v) is 9.44. The number of carboxylic acids is 1. The number of β-lactam (4-membered cyclic amide) rings is 1. The average Bonchev–Trinajstić information content (AvgIpc) is 2.54. The van der Waals surface area contributed by atoms with Crippen molar-refractivity contribution in [1.82, 2.24) is 9.21 Å². The van der Waals surface area contributed by atoms with Gasteiger partial charge in [0.05, 0.1) is 0 Å². The number of aliphatic carboxylic acids is 1. The van der Waals surface area contributed by atoms with E-state index in [-0.39, 0.29) is 18.2 Å². The van der Waals surface area contributed by atoms with Crippen LogP contribution in [0, 0.1) is 0 Å². The number of ether oxygens (including phenoxy) is 1. The summed E-state index contributed by atoms with van der Waals surface area (Å²) in [7, 11) is 0. The topological polar surface area (TPSA) is 130 Å². The number of nitrogens with two attached hydrogens (primary N) is 1. The number of amides is 2. The Kier molecular flexibility index (Phi) is 6.36. The maximum absolute atomic E-state index is 12.6. The van der Waals surface area contributed by atoms with Crippen LogP contribution in [0.4, 0.5) is 0 Å². The predicted octanol–water partition coefficient (Wildman–Crippen LogP) is -0.373. The summed E-state index contributed by atoms with van der Waals surface area (Å²) in [5, 5.41) is 9.01. The molecule has 0 saturated carbocycles. The smallest absolute Gasteiger partial charge is 0.352 e. The van der Waals surface area contributed by atoms with Crippen molar-refractivity contribution < 1.29 is 29.0 Å². The molecule has 2 rings (SSSR count). The van der Waals surface area contributed by atoms with Gasteiger partial charge in [-0.3, -0.25) is 23.6 Å². The van der Waals surface area contributed by atoms with E-state index < -0.39 is 29.3 Å². The molecule has 9 nitrogen and oxygen atoms in total. The fraction of sp³-hybridized carbons (Fsp3) is 0.571. The highest BCUT2D eigenvalue weighted by molar-refractivity contribution is 8.00. The van der Waals surface area contributed by atoms with E-state index in [0.29, 0.717) is 23.6 Å². The lowest BCUT2D eigenvalue weighted by molar-refractivity contribution is -0.154. The number of carbonyl (C=O) groups excluding carboxylic acids is 3. The number of nitrogens with zero attached hydrogens (tertiary/aromatic N) is 2. The highest BCUT2D eigenvalue weighted by Crippen LogP contribution is 2.43. The van der Waals surface area contributed by atoms with Crippen LogP contribution >= 0.6 is 23.7 Å². The van der Waals surface area contributed by atoms with Gasteiger partial charge in [0.1, 0.15) is 17.7 Å². The molecule has 0 aliphatic carbocycles. The number of carbonyl (C=O) groups is 4. The Morgan fingerprint density at radius 1 is 1.44 bits per heavy atom. The van der Waals surface area contributed by atoms with Crippen LogP contribution in [0.3, 0.4) is 0 Å². The zero-order chi connectivity index (χ0) is 18.7. The first kappa shape index (κ1) is 19.6. The summed E-state index contributed by atoms with van der Waals surface area (Å²) in [5.74, 6) is -1.77. The fourth-order valence-corrected chi connectivity index (χ4v) is 4.86. The van der Waals surface area contributed by atoms with Crippen LogP contribution in [0.25, 0.3) is 0 Å². The number of rotatable bonds is 7. The third-order valence-corrected chi connectivity index (χ3v) is 6.09. The molecule has 1 saturated heterocycles. The molecule has 2 atom stereocenters. The first-order chi connectivity index (χ1) is 11.8. The normalized spacial score (nSPS) is 22.2. The molecule has 0 radical (unpaired) electrons. The Morgan fingerprint density at radius 2 is 2.12 bits per heavy atom. The maximum Gasteiger partial charge on any atom is 0.352 e. The summed E-state index contributed by atoms with van der Waals surface area (Å²) in [4.78, 5) is 48.2. The highest BCUT2D eigenvalue weighted by atomic mass is 32.2. The molecule has 0 unspecified atom stereocenters. The van der Waals surface area contributed by atoms with Crippen molar-refractivity contribution in [1.29, 1.82) is 0 Å². The molecule has 3 N–H and O–H groups in total. The molecule has 2 aliphatic rings. The van der Waals surface area contributed by atoms with E-state index in [1.54, 1.807) is 0 Å². The Morgan fingerprint density at radius 3 is 2.64 bits per heavy atom. The minimum atomic E-state index is -1.26. The highest BCUT2D eigenvalue weighted by Gasteiger charge is 2.56. The lowest BCUT2D eigenvalue weighted by Gasteiger charge is -2.52. The summed E-state index contributed by atoms with van der Waals surface area (Å²) < 4.78 is 6.24. The van der Waals surface area contributed by atoms with E-state index in [1.807, 2.05) is 0 Å². The standard InChI is InChI=1S/C14H19N3O6S2/c1-7(18)17(25-4-3-15)11-12(20)16-10(14(21)22)9(5-23-8(2)19)6-24-13(11)16/h11,13H,3-6,15H2,1-2H3,(H,21,22)/t11-,13-/m1/s1. The zero-order valence-electron chi connectivity index (χ0n) is 13.8. The molecule has 2 amide bonds. The lowest BCUT2D eigenvalue weighted by atomic mass is 10.0. The van der Waals surface area contributed by atoms with Crippen LogP contribution in [0.15, 0.2) is 11.3 Å². The molecule has 2 heterocycles. The molecular weight excluding hydrogens is 370 g/mol. The van der Waals surface area contributed by atoms with Gasteiger partial charge >= 0.3 is 11.9 Å². The molecule has 2 aliphatic heterocycles. The number of carboxylic acid groups (broad SMARTS) is 1. The van der Waals surface area contributed by atoms with Crippen LogP contribution in [-0.2, 0) is 23.9 Å². The number of thioether (sulfide) groups is 1. The Labute approximate surface area is 153 Å². The van der Waals surface area contributed by atoms with E-state index in [1.165, 1.54) is 34.8 Å². The van der Waals surface area contributed by atoms with Gasteiger partial charge in [0.25, 0.3) is 5.91 Å². The monoisotopic (exact) mass is 389 g/mol. The quantitative estimate of drug-likeness (QED) is 0.340. The number of hydrogen-bond acceptors (Lipinski definition) is 8. The van der Waals surface area contributed by atoms with Crippen molar-refractivity contribution in [3.63, 3.8) is 0 Å². The van der Waals surface area contributed by atoms with Crippen LogP contribution in [0.1, 0.15) is 13.8 Å². The molecule has 0 aromatic rings. The summed E-state index contributed by atoms with van der Waals surface area (Å²) in [5.41, 5.74) is 5.65. The van der Waals surface area contributed by atoms with Crippen LogP contribution in [-0.4, -0.2) is 74.1 Å². The predicted molar refractivity (Wildman–Crippen MR) is 92.2 cm³/mol. The number of fused-ring (bicyclic) bond motifs is 1. The molecule has 0 spiro atoms. The Balaban J connectivity index is 2.24. The number of esters is 1. The van der Waals surface area contributed by atoms with Crippen LogP contribution < -0.4 is 5.73 Å². The molecule has 0 bridgehead atoms. The van der Waals surface area contributed by atoms with Gasteiger partial charge in [0, 0.05) is 37.5 Å². The lowest BCUT2D eigenvalue weighted by Crippen LogP contribution is -2.70. The minimum Gasteiger partial charge on any atom is -0.477 e. The average molecular weight is 389 g/mol. The zero-order valence-corrected chi connectivity index (χ0v) is 15.4. The molecular formula is C14H19N3O6S2. The van der Waals surface area contributed by atoms with Crippen molar-refractivity contribution in [3.05, 3.63) is 11.3 Å². The number of hydrogen-bond donors (Lipinski definition) is 2. The van der Waals surface area contributed by atoms with E-state index >= 15 is 0 Å². The van der Waals surface area contributed by atoms with Gasteiger partial charge < -0.3 is 15.6 Å². The molecule has 1 fully saturated rings. The summed E-state index contributed by atoms with van der Waals surface area (Å²) in [6.07, 6.45) is 0. The maximum atomic E-state index is 12.6. The molecule has 0 aromatic heterocycles. The van der Waals surface area contributed by atoms with Gasteiger partial charge in [0.15, 0.2) is 6.04 Å². The third-order valence-electron chi connectivity index (χ3n) is 3.58. The largest absolute Gasteiger partial charge is 0.477 e. The van der Waals surface area contributed by atoms with Gasteiger partial charge in [-0.15, -0.1) is 11.8 Å². The van der Waals surface area contributed by atoms with Crippen molar-refractivity contribution in [2.75, 3.05) is 24.7 Å². The van der Waals surface area contributed by atoms with Crippen molar-refractivity contribution >= 4 is 47.5 Å². The summed E-state index contributed by atoms with van der Waals surface area (Å²) >= 11 is 2.50. The van der Waals surface area contributed by atoms with Gasteiger partial charge in [-0.2, -0.15) is 0 Å².